The maximum Gasteiger partial charge on any atom is 0.503 e. The number of rotatable bonds is 7. The first kappa shape index (κ1) is 26.8. The molecule has 3 aromatic heterocycles. The fourth-order valence-electron chi connectivity index (χ4n) is 7.96. The summed E-state index contributed by atoms with van der Waals surface area (Å²) < 4.78 is 133. The maximum absolute atomic E-state index is 9.25. The Bertz CT molecular complexity index is 3890. The lowest BCUT2D eigenvalue weighted by Gasteiger charge is -2.20. The van der Waals surface area contributed by atoms with E-state index in [-0.39, 0.29) is 33.4 Å². The summed E-state index contributed by atoms with van der Waals surface area (Å²) >= 11 is 0. The first-order valence-corrected chi connectivity index (χ1v) is 20.6. The Balaban J connectivity index is 1.23. The van der Waals surface area contributed by atoms with Gasteiger partial charge in [0.05, 0.1) is 50.9 Å². The third-order valence-corrected chi connectivity index (χ3v) is 11.2. The molecule has 0 N–H and O–H groups in total. The Morgan fingerprint density at radius 1 is 0.603 bits per heavy atom. The van der Waals surface area contributed by atoms with Crippen molar-refractivity contribution in [2.75, 3.05) is 0 Å². The molecule has 9 aromatic rings. The summed E-state index contributed by atoms with van der Waals surface area (Å²) in [5.41, 5.74) is 3.24. The van der Waals surface area contributed by atoms with Crippen molar-refractivity contribution < 1.29 is 23.9 Å². The number of nitrogens with zero attached hydrogens (tertiary/aromatic N) is 5. The van der Waals surface area contributed by atoms with Gasteiger partial charge in [-0.1, -0.05) is 137 Å². The summed E-state index contributed by atoms with van der Waals surface area (Å²) in [5.74, 6) is 1.61. The van der Waals surface area contributed by atoms with Crippen LogP contribution in [0.5, 0.6) is 11.5 Å². The average molecular weight is 836 g/mol. The molecule has 0 amide bonds. The highest BCUT2D eigenvalue weighted by atomic mass is 16.5. The number of para-hydroxylation sites is 4. The van der Waals surface area contributed by atoms with Gasteiger partial charge in [-0.05, 0) is 92.3 Å². The highest BCUT2D eigenvalue weighted by Gasteiger charge is 2.39. The van der Waals surface area contributed by atoms with E-state index in [9.17, 15) is 5.48 Å². The zero-order chi connectivity index (χ0) is 55.6. The van der Waals surface area contributed by atoms with Crippen molar-refractivity contribution in [2.24, 2.45) is 0 Å². The third kappa shape index (κ3) is 7.33. The zero-order valence-corrected chi connectivity index (χ0v) is 35.6. The molecule has 0 saturated carbocycles. The van der Waals surface area contributed by atoms with Gasteiger partial charge in [-0.3, -0.25) is 9.55 Å². The predicted octanol–water partition coefficient (Wildman–Crippen LogP) is 14.8. The molecule has 6 heteroatoms. The molecule has 1 aliphatic rings. The quantitative estimate of drug-likeness (QED) is 0.150. The van der Waals surface area contributed by atoms with Gasteiger partial charge in [0, 0.05) is 44.1 Å². The van der Waals surface area contributed by atoms with Gasteiger partial charge in [-0.2, -0.15) is 0 Å². The topological polar surface area (TPSA) is 46.0 Å². The van der Waals surface area contributed by atoms with E-state index in [2.05, 4.69) is 58.2 Å². The average Bonchev–Trinajstić information content (AvgIpc) is 3.90. The van der Waals surface area contributed by atoms with Crippen molar-refractivity contribution >= 4 is 50.7 Å². The summed E-state index contributed by atoms with van der Waals surface area (Å²) in [6.45, 7) is 6.62. The molecule has 1 aliphatic heterocycles. The Morgan fingerprint density at radius 3 is 1.89 bits per heavy atom. The van der Waals surface area contributed by atoms with E-state index >= 15 is 0 Å². The van der Waals surface area contributed by atoms with E-state index in [4.69, 9.17) is 28.4 Å². The van der Waals surface area contributed by atoms with Crippen molar-refractivity contribution in [1.29, 1.82) is 0 Å². The molecule has 0 saturated heterocycles. The minimum absolute atomic E-state index is 0.00870. The van der Waals surface area contributed by atoms with Crippen LogP contribution in [0.3, 0.4) is 0 Å². The van der Waals surface area contributed by atoms with E-state index in [0.717, 1.165) is 38.9 Å². The second-order valence-electron chi connectivity index (χ2n) is 17.6. The lowest BCUT2D eigenvalue weighted by Crippen LogP contribution is -2.12. The van der Waals surface area contributed by atoms with E-state index in [1.54, 1.807) is 27.5 Å². The molecular formula is C57H51N5O+2. The Morgan fingerprint density at radius 2 is 1.24 bits per heavy atom. The number of fused-ring (bicyclic) bond motifs is 4. The Labute approximate surface area is 389 Å². The summed E-state index contributed by atoms with van der Waals surface area (Å²) in [6, 6.07) is 29.0. The van der Waals surface area contributed by atoms with Gasteiger partial charge in [0.15, 0.2) is 0 Å². The number of hydrogen-bond acceptors (Lipinski definition) is 3. The minimum atomic E-state index is -3.01. The van der Waals surface area contributed by atoms with Crippen molar-refractivity contribution in [3.05, 3.63) is 186 Å². The SMILES string of the molecule is [2H]c1c([2H])c(C([2H])([2H])[2H])c([2H])c([2H])c1-c1cccc(-c2c([2H])c([2H])c(C([2H])([2H])[2H])c([2H])c2[2H])c1[N+]1=C=[N+](c2cc(Oc3cnc4c5ccccc5n(-c5cc(C(C)(C)C)ccn5)c4c3)cc(C(C)(C)C)c2)c2ccccc21. The second kappa shape index (κ2) is 15.2. The fourth-order valence-corrected chi connectivity index (χ4v) is 7.96. The number of ether oxygens (including phenoxy) is 1. The standard InChI is InChI=1S/C57H51N5O/c1-37-20-24-39(25-21-37)46-15-13-16-47(40-26-22-38(2)23-27-40)55(46)61-36-60(50-18-11-12-19-51(50)61)43-30-42(57(6,7)8)31-44(33-43)63-45-34-52-54(59-35-45)48-14-9-10-17-49(48)62(52)53-32-41(28-29-58-53)56(3,4)5/h9-35H,1-8H3/q+2/i1D3,2D3,20D,21D,22D,23D,24D,25D,26D,27D. The van der Waals surface area contributed by atoms with E-state index in [0.29, 0.717) is 28.6 Å². The van der Waals surface area contributed by atoms with Crippen LogP contribution in [0.15, 0.2) is 164 Å². The molecule has 10 rings (SSSR count). The molecule has 4 heterocycles. The molecule has 0 unspecified atom stereocenters. The van der Waals surface area contributed by atoms with Crippen LogP contribution < -0.4 is 13.9 Å². The maximum atomic E-state index is 9.25. The predicted molar refractivity (Wildman–Crippen MR) is 261 cm³/mol. The van der Waals surface area contributed by atoms with Crippen LogP contribution in [0.2, 0.25) is 0 Å². The normalized spacial score (nSPS) is 16.3. The molecule has 6 nitrogen and oxygen atoms in total. The van der Waals surface area contributed by atoms with Gasteiger partial charge in [0.25, 0.3) is 11.4 Å². The van der Waals surface area contributed by atoms with Gasteiger partial charge >= 0.3 is 6.01 Å². The van der Waals surface area contributed by atoms with Gasteiger partial charge in [-0.15, -0.1) is 0 Å². The number of hydrogen-bond donors (Lipinski definition) is 0. The second-order valence-corrected chi connectivity index (χ2v) is 17.6. The molecule has 0 fully saturated rings. The van der Waals surface area contributed by atoms with Crippen LogP contribution in [0.1, 0.15) is 83.0 Å². The molecule has 0 atom stereocenters. The van der Waals surface area contributed by atoms with E-state index in [1.165, 1.54) is 18.2 Å². The number of benzene rings is 6. The molecule has 0 aliphatic carbocycles. The summed E-state index contributed by atoms with van der Waals surface area (Å²) in [4.78, 5) is 9.77. The monoisotopic (exact) mass is 835 g/mol. The van der Waals surface area contributed by atoms with E-state index in [1.807, 2.05) is 72.9 Å². The number of aromatic nitrogens is 3. The largest absolute Gasteiger partial charge is 0.503 e. The van der Waals surface area contributed by atoms with Crippen molar-refractivity contribution in [1.82, 2.24) is 23.7 Å². The Hall–Kier alpha value is -7.40. The van der Waals surface area contributed by atoms with Crippen LogP contribution in [0, 0.1) is 13.7 Å². The molecular weight excluding hydrogens is 771 g/mol. The lowest BCUT2D eigenvalue weighted by atomic mass is 9.86. The van der Waals surface area contributed by atoms with Crippen molar-refractivity contribution in [3.63, 3.8) is 0 Å². The fraction of sp³-hybridized carbons (Fsp3) is 0.175. The first-order valence-electron chi connectivity index (χ1n) is 27.6. The molecule has 6 aromatic carbocycles. The van der Waals surface area contributed by atoms with E-state index < -0.39 is 78.6 Å². The van der Waals surface area contributed by atoms with Crippen LogP contribution in [-0.4, -0.2) is 20.5 Å². The molecule has 0 radical (unpaired) electrons. The van der Waals surface area contributed by atoms with Crippen molar-refractivity contribution in [3.8, 4) is 39.6 Å². The molecule has 63 heavy (non-hydrogen) atoms. The summed E-state index contributed by atoms with van der Waals surface area (Å²) in [5, 5.41) is 0.943. The summed E-state index contributed by atoms with van der Waals surface area (Å²) in [6.07, 6.45) is 3.49. The third-order valence-electron chi connectivity index (χ3n) is 11.2. The van der Waals surface area contributed by atoms with Crippen molar-refractivity contribution in [2.45, 2.75) is 66.1 Å². The van der Waals surface area contributed by atoms with Gasteiger partial charge < -0.3 is 4.74 Å². The molecule has 308 valence electrons. The highest BCUT2D eigenvalue weighted by Crippen LogP contribution is 2.45. The highest BCUT2D eigenvalue weighted by molar-refractivity contribution is 6.07. The Kier molecular flexibility index (Phi) is 6.47. The number of pyridine rings is 2. The molecule has 0 spiro atoms. The van der Waals surface area contributed by atoms with Crippen LogP contribution in [-0.2, 0) is 10.8 Å². The van der Waals surface area contributed by atoms with Gasteiger partial charge in [-0.25, -0.2) is 4.98 Å². The first-order chi connectivity index (χ1) is 36.1. The van der Waals surface area contributed by atoms with Crippen LogP contribution in [0.25, 0.3) is 50.0 Å². The summed E-state index contributed by atoms with van der Waals surface area (Å²) in [7, 11) is 0. The lowest BCUT2D eigenvalue weighted by molar-refractivity contribution is 0.477. The van der Waals surface area contributed by atoms with Gasteiger partial charge in [0.1, 0.15) is 17.3 Å². The smallest absolute Gasteiger partial charge is 0.455 e. The van der Waals surface area contributed by atoms with Crippen LogP contribution in [0.4, 0.5) is 22.7 Å². The minimum Gasteiger partial charge on any atom is -0.455 e. The zero-order valence-electron chi connectivity index (χ0n) is 49.6. The molecule has 0 bridgehead atoms. The van der Waals surface area contributed by atoms with Crippen LogP contribution >= 0.6 is 0 Å². The van der Waals surface area contributed by atoms with Gasteiger partial charge in [0.2, 0.25) is 11.4 Å².